The maximum atomic E-state index is 2.39. The Morgan fingerprint density at radius 3 is 1.67 bits per heavy atom. The summed E-state index contributed by atoms with van der Waals surface area (Å²) in [4.78, 5) is 2.39. The van der Waals surface area contributed by atoms with E-state index in [2.05, 4.69) is 217 Å². The molecule has 0 saturated carbocycles. The Bertz CT molecular complexity index is 2520. The predicted octanol–water partition coefficient (Wildman–Crippen LogP) is 13.1. The third-order valence-corrected chi connectivity index (χ3v) is 10.4. The Morgan fingerprint density at radius 1 is 0.490 bits per heavy atom. The number of para-hydroxylation sites is 2. The lowest BCUT2D eigenvalue weighted by Crippen LogP contribution is -2.24. The SMILES string of the molecule is CC1(c2ccccc2)C=CC(N(c2ccc(-c3ccccc3)cc2)c2ccc(-c3ccc4c(c3)c3ccccc3n4-c3ccccc3)cc2)=CC1. The summed E-state index contributed by atoms with van der Waals surface area (Å²) in [6.07, 6.45) is 7.99. The second-order valence-electron chi connectivity index (χ2n) is 13.7. The van der Waals surface area contributed by atoms with Crippen molar-refractivity contribution in [2.75, 3.05) is 4.90 Å². The fourth-order valence-corrected chi connectivity index (χ4v) is 7.61. The van der Waals surface area contributed by atoms with Gasteiger partial charge in [-0.25, -0.2) is 0 Å². The quantitative estimate of drug-likeness (QED) is 0.166. The molecule has 2 nitrogen and oxygen atoms in total. The van der Waals surface area contributed by atoms with Crippen LogP contribution in [0.2, 0.25) is 0 Å². The first-order valence-corrected chi connectivity index (χ1v) is 17.7. The number of benzene rings is 7. The highest BCUT2D eigenvalue weighted by molar-refractivity contribution is 6.10. The number of hydrogen-bond acceptors (Lipinski definition) is 1. The van der Waals surface area contributed by atoms with Crippen LogP contribution >= 0.6 is 0 Å². The number of aromatic nitrogens is 1. The van der Waals surface area contributed by atoms with E-state index in [9.17, 15) is 0 Å². The van der Waals surface area contributed by atoms with Gasteiger partial charge in [-0.15, -0.1) is 0 Å². The molecule has 1 aliphatic carbocycles. The first-order chi connectivity index (χ1) is 25.1. The Balaban J connectivity index is 1.09. The Hall–Kier alpha value is -6.38. The summed E-state index contributed by atoms with van der Waals surface area (Å²) in [7, 11) is 0. The van der Waals surface area contributed by atoms with E-state index in [4.69, 9.17) is 0 Å². The van der Waals surface area contributed by atoms with E-state index in [0.717, 1.165) is 17.8 Å². The van der Waals surface area contributed by atoms with Crippen molar-refractivity contribution in [2.24, 2.45) is 0 Å². The van der Waals surface area contributed by atoms with Crippen molar-refractivity contribution in [1.82, 2.24) is 4.57 Å². The molecule has 0 aliphatic heterocycles. The molecule has 1 aromatic heterocycles. The standard InChI is InChI=1S/C49H38N2/c1-49(40-15-7-3-8-16-40)33-31-44(32-34-49)50(42-26-21-37(22-27-42)36-13-5-2-6-14-36)43-28-23-38(24-29-43)39-25-30-48-46(35-39)45-19-11-12-20-47(45)51(48)41-17-9-4-10-18-41/h2-33,35H,34H2,1H3. The van der Waals surface area contributed by atoms with Crippen molar-refractivity contribution >= 4 is 33.2 Å². The lowest BCUT2D eigenvalue weighted by Gasteiger charge is -2.33. The van der Waals surface area contributed by atoms with Crippen LogP contribution in [0.3, 0.4) is 0 Å². The highest BCUT2D eigenvalue weighted by atomic mass is 15.1. The van der Waals surface area contributed by atoms with Crippen molar-refractivity contribution < 1.29 is 0 Å². The van der Waals surface area contributed by atoms with Crippen molar-refractivity contribution in [2.45, 2.75) is 18.8 Å². The molecular formula is C49H38N2. The molecule has 1 unspecified atom stereocenters. The zero-order valence-electron chi connectivity index (χ0n) is 28.7. The van der Waals surface area contributed by atoms with Crippen LogP contribution in [0.4, 0.5) is 11.4 Å². The molecule has 244 valence electrons. The second kappa shape index (κ2) is 12.8. The zero-order chi connectivity index (χ0) is 34.2. The van der Waals surface area contributed by atoms with Gasteiger partial charge < -0.3 is 9.47 Å². The highest BCUT2D eigenvalue weighted by Gasteiger charge is 2.27. The van der Waals surface area contributed by atoms with Gasteiger partial charge in [0.05, 0.1) is 11.0 Å². The van der Waals surface area contributed by atoms with Crippen molar-refractivity contribution in [3.8, 4) is 27.9 Å². The van der Waals surface area contributed by atoms with E-state index in [-0.39, 0.29) is 5.41 Å². The molecule has 0 spiro atoms. The third kappa shape index (κ3) is 5.65. The molecule has 0 N–H and O–H groups in total. The van der Waals surface area contributed by atoms with Gasteiger partial charge in [-0.3, -0.25) is 0 Å². The molecule has 8 aromatic rings. The maximum Gasteiger partial charge on any atom is 0.0541 e. The summed E-state index contributed by atoms with van der Waals surface area (Å²) in [6, 6.07) is 65.6. The van der Waals surface area contributed by atoms with Crippen LogP contribution in [0.15, 0.2) is 206 Å². The fourth-order valence-electron chi connectivity index (χ4n) is 7.61. The summed E-state index contributed by atoms with van der Waals surface area (Å²) < 4.78 is 2.37. The van der Waals surface area contributed by atoms with Gasteiger partial charge in [0, 0.05) is 38.9 Å². The van der Waals surface area contributed by atoms with Crippen LogP contribution in [0.1, 0.15) is 18.9 Å². The van der Waals surface area contributed by atoms with Crippen LogP contribution in [-0.4, -0.2) is 4.57 Å². The molecule has 1 atom stereocenters. The third-order valence-electron chi connectivity index (χ3n) is 10.4. The molecule has 51 heavy (non-hydrogen) atoms. The molecule has 7 aromatic carbocycles. The number of hydrogen-bond donors (Lipinski definition) is 0. The number of anilines is 2. The first-order valence-electron chi connectivity index (χ1n) is 17.7. The number of nitrogens with zero attached hydrogens (tertiary/aromatic N) is 2. The molecule has 2 heteroatoms. The first kappa shape index (κ1) is 30.7. The summed E-state index contributed by atoms with van der Waals surface area (Å²) >= 11 is 0. The van der Waals surface area contributed by atoms with Crippen molar-refractivity contribution in [3.63, 3.8) is 0 Å². The van der Waals surface area contributed by atoms with Gasteiger partial charge in [-0.1, -0.05) is 146 Å². The van der Waals surface area contributed by atoms with E-state index >= 15 is 0 Å². The molecule has 0 radical (unpaired) electrons. The topological polar surface area (TPSA) is 8.17 Å². The minimum atomic E-state index is -0.0419. The molecule has 0 amide bonds. The van der Waals surface area contributed by atoms with Crippen LogP contribution in [-0.2, 0) is 5.41 Å². The normalized spacial score (nSPS) is 15.6. The monoisotopic (exact) mass is 654 g/mol. The number of rotatable bonds is 7. The van der Waals surface area contributed by atoms with Gasteiger partial charge in [0.15, 0.2) is 0 Å². The summed E-state index contributed by atoms with van der Waals surface area (Å²) in [5.74, 6) is 0. The minimum absolute atomic E-state index is 0.0419. The lowest BCUT2D eigenvalue weighted by molar-refractivity contribution is 0.595. The van der Waals surface area contributed by atoms with Crippen molar-refractivity contribution in [3.05, 3.63) is 211 Å². The molecule has 1 heterocycles. The smallest absolute Gasteiger partial charge is 0.0541 e. The van der Waals surface area contributed by atoms with Gasteiger partial charge in [0.2, 0.25) is 0 Å². The van der Waals surface area contributed by atoms with Crippen LogP contribution < -0.4 is 4.90 Å². The predicted molar refractivity (Wildman–Crippen MR) is 216 cm³/mol. The van der Waals surface area contributed by atoms with Gasteiger partial charge in [0.1, 0.15) is 0 Å². The lowest BCUT2D eigenvalue weighted by atomic mass is 9.77. The molecule has 9 rings (SSSR count). The Morgan fingerprint density at radius 2 is 1.02 bits per heavy atom. The molecular weight excluding hydrogens is 617 g/mol. The van der Waals surface area contributed by atoms with Crippen molar-refractivity contribution in [1.29, 1.82) is 0 Å². The van der Waals surface area contributed by atoms with E-state index < -0.39 is 0 Å². The number of allylic oxidation sites excluding steroid dienone is 3. The summed E-state index contributed by atoms with van der Waals surface area (Å²) in [5.41, 5.74) is 13.2. The minimum Gasteiger partial charge on any atom is -0.311 e. The average Bonchev–Trinajstić information content (AvgIpc) is 3.54. The fraction of sp³-hybridized carbons (Fsp3) is 0.0612. The molecule has 1 aliphatic rings. The largest absolute Gasteiger partial charge is 0.311 e. The van der Waals surface area contributed by atoms with Crippen LogP contribution in [0.5, 0.6) is 0 Å². The maximum absolute atomic E-state index is 2.39. The highest BCUT2D eigenvalue weighted by Crippen LogP contribution is 2.40. The second-order valence-corrected chi connectivity index (χ2v) is 13.7. The van der Waals surface area contributed by atoms with Crippen LogP contribution in [0.25, 0.3) is 49.7 Å². The van der Waals surface area contributed by atoms with E-state index in [0.29, 0.717) is 0 Å². The molecule has 0 bridgehead atoms. The van der Waals surface area contributed by atoms with E-state index in [1.54, 1.807) is 0 Å². The Labute approximate surface area is 299 Å². The number of fused-ring (bicyclic) bond motifs is 3. The zero-order valence-corrected chi connectivity index (χ0v) is 28.7. The molecule has 0 fully saturated rings. The van der Waals surface area contributed by atoms with Crippen LogP contribution in [0, 0.1) is 0 Å². The van der Waals surface area contributed by atoms with E-state index in [1.165, 1.54) is 61.0 Å². The van der Waals surface area contributed by atoms with Gasteiger partial charge in [-0.2, -0.15) is 0 Å². The Kier molecular flexibility index (Phi) is 7.71. The van der Waals surface area contributed by atoms with Gasteiger partial charge in [0.25, 0.3) is 0 Å². The summed E-state index contributed by atoms with van der Waals surface area (Å²) in [5, 5.41) is 2.52. The summed E-state index contributed by atoms with van der Waals surface area (Å²) in [6.45, 7) is 2.33. The van der Waals surface area contributed by atoms with Gasteiger partial charge >= 0.3 is 0 Å². The van der Waals surface area contributed by atoms with Gasteiger partial charge in [-0.05, 0) is 94.9 Å². The average molecular weight is 655 g/mol. The molecule has 0 saturated heterocycles. The van der Waals surface area contributed by atoms with E-state index in [1.807, 2.05) is 0 Å².